The van der Waals surface area contributed by atoms with Crippen LogP contribution in [0.15, 0.2) is 72.8 Å². The highest BCUT2D eigenvalue weighted by molar-refractivity contribution is 6.22. The van der Waals surface area contributed by atoms with Gasteiger partial charge in [0.15, 0.2) is 11.6 Å². The number of halogens is 2. The molecule has 0 amide bonds. The maximum atomic E-state index is 13.3. The van der Waals surface area contributed by atoms with Crippen LogP contribution in [-0.2, 0) is 0 Å². The Bertz CT molecular complexity index is 1290. The first-order valence-electron chi connectivity index (χ1n) is 9.49. The molecule has 0 aliphatic carbocycles. The summed E-state index contributed by atoms with van der Waals surface area (Å²) < 4.78 is 26.6. The molecule has 0 heterocycles. The van der Waals surface area contributed by atoms with Gasteiger partial charge in [-0.3, -0.25) is 9.59 Å². The number of ketones is 2. The first-order valence-corrected chi connectivity index (χ1v) is 9.49. The molecule has 0 saturated carbocycles. The Morgan fingerprint density at radius 1 is 0.633 bits per heavy atom. The first-order chi connectivity index (χ1) is 14.3. The third kappa shape index (κ3) is 3.52. The van der Waals surface area contributed by atoms with Crippen LogP contribution >= 0.6 is 0 Å². The van der Waals surface area contributed by atoms with Crippen molar-refractivity contribution < 1.29 is 18.4 Å². The number of hydrogen-bond acceptors (Lipinski definition) is 2. The fraction of sp³-hybridized carbons (Fsp3) is 0.0769. The normalized spacial score (nSPS) is 10.9. The topological polar surface area (TPSA) is 34.1 Å². The first kappa shape index (κ1) is 19.6. The molecule has 4 rings (SSSR count). The van der Waals surface area contributed by atoms with Crippen molar-refractivity contribution in [2.75, 3.05) is 0 Å². The smallest absolute Gasteiger partial charge is 0.193 e. The molecule has 4 heteroatoms. The van der Waals surface area contributed by atoms with E-state index in [1.807, 2.05) is 26.0 Å². The fourth-order valence-electron chi connectivity index (χ4n) is 3.68. The summed E-state index contributed by atoms with van der Waals surface area (Å²) in [4.78, 5) is 26.4. The molecule has 2 nitrogen and oxygen atoms in total. The molecule has 0 aromatic heterocycles. The highest BCUT2D eigenvalue weighted by atomic mass is 19.1. The number of aryl methyl sites for hydroxylation is 2. The van der Waals surface area contributed by atoms with Crippen LogP contribution in [0.5, 0.6) is 0 Å². The predicted octanol–water partition coefficient (Wildman–Crippen LogP) is 6.20. The molecule has 0 aliphatic heterocycles. The minimum absolute atomic E-state index is 0.233. The van der Waals surface area contributed by atoms with E-state index in [0.717, 1.165) is 11.1 Å². The van der Waals surface area contributed by atoms with E-state index in [0.29, 0.717) is 33.0 Å². The molecule has 0 unspecified atom stereocenters. The Labute approximate surface area is 172 Å². The minimum Gasteiger partial charge on any atom is -0.289 e. The van der Waals surface area contributed by atoms with E-state index >= 15 is 0 Å². The predicted molar refractivity (Wildman–Crippen MR) is 113 cm³/mol. The molecule has 148 valence electrons. The molecule has 0 bridgehead atoms. The zero-order valence-corrected chi connectivity index (χ0v) is 16.5. The van der Waals surface area contributed by atoms with Gasteiger partial charge in [0, 0.05) is 22.3 Å². The van der Waals surface area contributed by atoms with Crippen molar-refractivity contribution in [1.29, 1.82) is 0 Å². The van der Waals surface area contributed by atoms with Crippen molar-refractivity contribution >= 4 is 22.3 Å². The van der Waals surface area contributed by atoms with Crippen LogP contribution in [0.1, 0.15) is 43.0 Å². The summed E-state index contributed by atoms with van der Waals surface area (Å²) in [6.07, 6.45) is 0. The molecule has 0 N–H and O–H groups in total. The Morgan fingerprint density at radius 3 is 1.73 bits per heavy atom. The summed E-state index contributed by atoms with van der Waals surface area (Å²) in [5.41, 5.74) is 3.27. The number of rotatable bonds is 4. The van der Waals surface area contributed by atoms with E-state index in [1.165, 1.54) is 48.5 Å². The van der Waals surface area contributed by atoms with Crippen molar-refractivity contribution in [2.45, 2.75) is 13.8 Å². The summed E-state index contributed by atoms with van der Waals surface area (Å²) in [5, 5.41) is 1.31. The largest absolute Gasteiger partial charge is 0.289 e. The Hall–Kier alpha value is -3.66. The van der Waals surface area contributed by atoms with E-state index in [-0.39, 0.29) is 11.6 Å². The summed E-state index contributed by atoms with van der Waals surface area (Å²) >= 11 is 0. The Morgan fingerprint density at radius 2 is 1.17 bits per heavy atom. The van der Waals surface area contributed by atoms with E-state index in [1.54, 1.807) is 12.1 Å². The molecule has 0 saturated heterocycles. The van der Waals surface area contributed by atoms with Gasteiger partial charge in [-0.1, -0.05) is 18.2 Å². The lowest BCUT2D eigenvalue weighted by Gasteiger charge is -2.14. The van der Waals surface area contributed by atoms with Crippen molar-refractivity contribution in [3.05, 3.63) is 118 Å². The van der Waals surface area contributed by atoms with Crippen LogP contribution in [-0.4, -0.2) is 11.6 Å². The molecular formula is C26H18F2O2. The summed E-state index contributed by atoms with van der Waals surface area (Å²) in [6, 6.07) is 18.1. The van der Waals surface area contributed by atoms with Gasteiger partial charge in [0.2, 0.25) is 0 Å². The summed E-state index contributed by atoms with van der Waals surface area (Å²) in [5.74, 6) is -1.30. The second-order valence-electron chi connectivity index (χ2n) is 7.34. The lowest BCUT2D eigenvalue weighted by molar-refractivity contribution is 0.103. The van der Waals surface area contributed by atoms with Crippen molar-refractivity contribution in [1.82, 2.24) is 0 Å². The zero-order valence-electron chi connectivity index (χ0n) is 16.5. The quantitative estimate of drug-likeness (QED) is 0.382. The van der Waals surface area contributed by atoms with Crippen LogP contribution in [0, 0.1) is 25.5 Å². The van der Waals surface area contributed by atoms with Gasteiger partial charge in [-0.2, -0.15) is 0 Å². The zero-order chi connectivity index (χ0) is 21.4. The van der Waals surface area contributed by atoms with Crippen LogP contribution in [0.2, 0.25) is 0 Å². The molecule has 0 radical (unpaired) electrons. The van der Waals surface area contributed by atoms with Gasteiger partial charge < -0.3 is 0 Å². The number of carbonyl (C=O) groups is 2. The number of hydrogen-bond donors (Lipinski definition) is 0. The highest BCUT2D eigenvalue weighted by Crippen LogP contribution is 2.30. The van der Waals surface area contributed by atoms with Crippen LogP contribution in [0.4, 0.5) is 8.78 Å². The summed E-state index contributed by atoms with van der Waals surface area (Å²) in [6.45, 7) is 3.69. The van der Waals surface area contributed by atoms with Gasteiger partial charge in [0.05, 0.1) is 0 Å². The second kappa shape index (κ2) is 7.64. The van der Waals surface area contributed by atoms with Crippen LogP contribution in [0.25, 0.3) is 10.8 Å². The monoisotopic (exact) mass is 400 g/mol. The summed E-state index contributed by atoms with van der Waals surface area (Å²) in [7, 11) is 0. The average Bonchev–Trinajstić information content (AvgIpc) is 2.73. The van der Waals surface area contributed by atoms with Crippen LogP contribution in [0.3, 0.4) is 0 Å². The molecule has 4 aromatic carbocycles. The minimum atomic E-state index is -0.413. The Balaban J connectivity index is 1.92. The van der Waals surface area contributed by atoms with Crippen molar-refractivity contribution in [3.63, 3.8) is 0 Å². The van der Waals surface area contributed by atoms with Gasteiger partial charge in [-0.05, 0) is 90.3 Å². The lowest BCUT2D eigenvalue weighted by atomic mass is 9.88. The van der Waals surface area contributed by atoms with E-state index in [2.05, 4.69) is 0 Å². The van der Waals surface area contributed by atoms with E-state index < -0.39 is 11.6 Å². The van der Waals surface area contributed by atoms with Gasteiger partial charge in [-0.15, -0.1) is 0 Å². The standard InChI is InChI=1S/C26H18F2O2/c1-15-13-22-21(23(14-15)25(29)17-4-8-19(27)9-5-17)12-3-16(2)24(22)26(30)18-6-10-20(28)11-7-18/h3-14H,1-2H3. The maximum Gasteiger partial charge on any atom is 0.193 e. The van der Waals surface area contributed by atoms with Gasteiger partial charge in [0.1, 0.15) is 11.6 Å². The van der Waals surface area contributed by atoms with Gasteiger partial charge >= 0.3 is 0 Å². The third-order valence-corrected chi connectivity index (χ3v) is 5.17. The molecule has 4 aromatic rings. The SMILES string of the molecule is Cc1cc(C(=O)c2ccc(F)cc2)c2ccc(C)c(C(=O)c3ccc(F)cc3)c2c1. The number of fused-ring (bicyclic) bond motifs is 1. The molecule has 30 heavy (non-hydrogen) atoms. The Kier molecular flexibility index (Phi) is 5.00. The highest BCUT2D eigenvalue weighted by Gasteiger charge is 2.20. The second-order valence-corrected chi connectivity index (χ2v) is 7.34. The van der Waals surface area contributed by atoms with Gasteiger partial charge in [0.25, 0.3) is 0 Å². The third-order valence-electron chi connectivity index (χ3n) is 5.17. The molecule has 0 spiro atoms. The molecule has 0 fully saturated rings. The molecule has 0 aliphatic rings. The maximum absolute atomic E-state index is 13.3. The van der Waals surface area contributed by atoms with Crippen molar-refractivity contribution in [3.8, 4) is 0 Å². The number of benzene rings is 4. The average molecular weight is 400 g/mol. The van der Waals surface area contributed by atoms with E-state index in [4.69, 9.17) is 0 Å². The van der Waals surface area contributed by atoms with Gasteiger partial charge in [-0.25, -0.2) is 8.78 Å². The molecular weight excluding hydrogens is 382 g/mol. The number of carbonyl (C=O) groups excluding carboxylic acids is 2. The van der Waals surface area contributed by atoms with E-state index in [9.17, 15) is 18.4 Å². The molecule has 0 atom stereocenters. The lowest BCUT2D eigenvalue weighted by Crippen LogP contribution is -2.08. The fourth-order valence-corrected chi connectivity index (χ4v) is 3.68. The van der Waals surface area contributed by atoms with Crippen molar-refractivity contribution in [2.24, 2.45) is 0 Å². The van der Waals surface area contributed by atoms with Crippen LogP contribution < -0.4 is 0 Å².